The Hall–Kier alpha value is -3.91. The third-order valence-electron chi connectivity index (χ3n) is 4.70. The predicted molar refractivity (Wildman–Crippen MR) is 118 cm³/mol. The average molecular weight is 420 g/mol. The first kappa shape index (κ1) is 21.8. The molecule has 3 aromatic rings. The molecule has 1 unspecified atom stereocenters. The maximum Gasteiger partial charge on any atom is 0.250 e. The zero-order chi connectivity index (χ0) is 22.4. The molecule has 8 heteroatoms. The molecule has 0 bridgehead atoms. The van der Waals surface area contributed by atoms with Gasteiger partial charge in [-0.3, -0.25) is 14.6 Å². The van der Waals surface area contributed by atoms with Gasteiger partial charge in [0.05, 0.1) is 11.8 Å². The number of anilines is 2. The minimum Gasteiger partial charge on any atom is -0.487 e. The third kappa shape index (κ3) is 5.80. The van der Waals surface area contributed by atoms with Crippen LogP contribution in [0.1, 0.15) is 34.6 Å². The minimum atomic E-state index is -0.927. The number of hydrogen-bond donors (Lipinski definition) is 3. The lowest BCUT2D eigenvalue weighted by Crippen LogP contribution is -2.22. The summed E-state index contributed by atoms with van der Waals surface area (Å²) in [5, 5.41) is 13.6. The molecule has 160 valence electrons. The second-order valence-electron chi connectivity index (χ2n) is 6.98. The number of aliphatic hydroxyl groups excluding tert-OH is 1. The topological polar surface area (TPSA) is 118 Å². The molecule has 1 atom stereocenters. The largest absolute Gasteiger partial charge is 0.487 e. The average Bonchev–Trinajstić information content (AvgIpc) is 2.77. The molecule has 3 rings (SSSR count). The molecule has 0 aliphatic rings. The lowest BCUT2D eigenvalue weighted by Gasteiger charge is -2.18. The third-order valence-corrected chi connectivity index (χ3v) is 4.70. The number of nitrogens with zero attached hydrogens (tertiary/aromatic N) is 2. The lowest BCUT2D eigenvalue weighted by atomic mass is 10.1. The van der Waals surface area contributed by atoms with Gasteiger partial charge >= 0.3 is 0 Å². The summed E-state index contributed by atoms with van der Waals surface area (Å²) in [7, 11) is 1.69. The molecule has 0 spiro atoms. The van der Waals surface area contributed by atoms with Gasteiger partial charge in [0.25, 0.3) is 0 Å². The highest BCUT2D eigenvalue weighted by atomic mass is 16.5. The van der Waals surface area contributed by atoms with Gasteiger partial charge in [-0.1, -0.05) is 24.3 Å². The van der Waals surface area contributed by atoms with Gasteiger partial charge in [0.15, 0.2) is 6.23 Å². The number of primary amides is 1. The molecular weight excluding hydrogens is 396 g/mol. The number of aliphatic hydroxyl groups is 1. The second-order valence-corrected chi connectivity index (χ2v) is 6.98. The monoisotopic (exact) mass is 420 g/mol. The van der Waals surface area contributed by atoms with E-state index in [1.807, 2.05) is 24.3 Å². The zero-order valence-electron chi connectivity index (χ0n) is 17.3. The fourth-order valence-electron chi connectivity index (χ4n) is 2.85. The van der Waals surface area contributed by atoms with E-state index in [0.717, 1.165) is 11.3 Å². The Balaban J connectivity index is 1.63. The van der Waals surface area contributed by atoms with Crippen molar-refractivity contribution in [2.75, 3.05) is 17.3 Å². The van der Waals surface area contributed by atoms with Crippen molar-refractivity contribution in [1.29, 1.82) is 0 Å². The number of ether oxygens (including phenoxy) is 1. The van der Waals surface area contributed by atoms with E-state index in [2.05, 4.69) is 10.3 Å². The summed E-state index contributed by atoms with van der Waals surface area (Å²) in [5.74, 6) is -0.202. The predicted octanol–water partition coefficient (Wildman–Crippen LogP) is 2.85. The normalized spacial score (nSPS) is 11.5. The molecular formula is C23H24N4O4. The number of amides is 2. The molecule has 1 heterocycles. The number of aromatic nitrogens is 1. The summed E-state index contributed by atoms with van der Waals surface area (Å²) < 4.78 is 5.69. The van der Waals surface area contributed by atoms with Crippen molar-refractivity contribution < 1.29 is 19.4 Å². The number of nitrogens with one attached hydrogen (secondary N) is 1. The first-order chi connectivity index (χ1) is 14.8. The van der Waals surface area contributed by atoms with Crippen LogP contribution in [-0.2, 0) is 11.4 Å². The highest BCUT2D eigenvalue weighted by molar-refractivity contribution is 5.92. The van der Waals surface area contributed by atoms with Crippen LogP contribution in [0.2, 0.25) is 0 Å². The van der Waals surface area contributed by atoms with Crippen molar-refractivity contribution >= 4 is 23.2 Å². The van der Waals surface area contributed by atoms with E-state index in [1.54, 1.807) is 31.3 Å². The maximum atomic E-state index is 11.5. The van der Waals surface area contributed by atoms with Crippen LogP contribution in [-0.4, -0.2) is 29.0 Å². The number of benzene rings is 2. The Kier molecular flexibility index (Phi) is 6.84. The van der Waals surface area contributed by atoms with E-state index in [9.17, 15) is 14.7 Å². The first-order valence-corrected chi connectivity index (χ1v) is 9.59. The van der Waals surface area contributed by atoms with Crippen LogP contribution in [0.3, 0.4) is 0 Å². The number of rotatable bonds is 8. The van der Waals surface area contributed by atoms with Crippen molar-refractivity contribution in [1.82, 2.24) is 4.98 Å². The van der Waals surface area contributed by atoms with Gasteiger partial charge in [-0.2, -0.15) is 0 Å². The van der Waals surface area contributed by atoms with Crippen molar-refractivity contribution in [2.45, 2.75) is 19.8 Å². The summed E-state index contributed by atoms with van der Waals surface area (Å²) in [6.07, 6.45) is 1.96. The van der Waals surface area contributed by atoms with Gasteiger partial charge < -0.3 is 25.8 Å². The molecule has 0 saturated heterocycles. The summed E-state index contributed by atoms with van der Waals surface area (Å²) in [6.45, 7) is 1.74. The highest BCUT2D eigenvalue weighted by Gasteiger charge is 2.10. The Morgan fingerprint density at radius 3 is 2.58 bits per heavy atom. The summed E-state index contributed by atoms with van der Waals surface area (Å²) >= 11 is 0. The van der Waals surface area contributed by atoms with E-state index in [-0.39, 0.29) is 18.1 Å². The van der Waals surface area contributed by atoms with Crippen molar-refractivity contribution in [2.24, 2.45) is 5.73 Å². The van der Waals surface area contributed by atoms with E-state index in [4.69, 9.17) is 10.5 Å². The van der Waals surface area contributed by atoms with Gasteiger partial charge in [-0.25, -0.2) is 0 Å². The number of nitrogens with two attached hydrogens (primary N) is 1. The fraction of sp³-hybridized carbons (Fsp3) is 0.174. The Morgan fingerprint density at radius 2 is 1.90 bits per heavy atom. The van der Waals surface area contributed by atoms with Gasteiger partial charge in [-0.05, 0) is 35.9 Å². The molecule has 8 nitrogen and oxygen atoms in total. The molecule has 0 aliphatic heterocycles. The van der Waals surface area contributed by atoms with E-state index >= 15 is 0 Å². The molecule has 1 aromatic heterocycles. The van der Waals surface area contributed by atoms with Crippen molar-refractivity contribution in [3.63, 3.8) is 0 Å². The maximum absolute atomic E-state index is 11.5. The number of carbonyl (C=O) groups is 2. The van der Waals surface area contributed by atoms with E-state index < -0.39 is 12.1 Å². The zero-order valence-corrected chi connectivity index (χ0v) is 17.3. The molecule has 0 radical (unpaired) electrons. The van der Waals surface area contributed by atoms with Gasteiger partial charge in [-0.15, -0.1) is 0 Å². The standard InChI is InChI=1S/C23H24N4O4/c1-15(28)27(2)20-8-6-17(7-9-20)23(30)26-19-5-3-4-16(10-19)14-31-21-11-18(22(24)29)12-25-13-21/h3-13,23,26,30H,14H2,1-2H3,(H2,24,29). The van der Waals surface area contributed by atoms with Crippen LogP contribution in [0.4, 0.5) is 11.4 Å². The summed E-state index contributed by atoms with van der Waals surface area (Å²) in [4.78, 5) is 28.2. The van der Waals surface area contributed by atoms with Gasteiger partial charge in [0, 0.05) is 37.1 Å². The molecule has 0 aliphatic carbocycles. The molecule has 31 heavy (non-hydrogen) atoms. The van der Waals surface area contributed by atoms with Crippen LogP contribution in [0.15, 0.2) is 67.0 Å². The van der Waals surface area contributed by atoms with Gasteiger partial charge in [0.2, 0.25) is 11.8 Å². The van der Waals surface area contributed by atoms with Crippen LogP contribution in [0.5, 0.6) is 5.75 Å². The Morgan fingerprint density at radius 1 is 1.16 bits per heavy atom. The molecule has 4 N–H and O–H groups in total. The number of carbonyl (C=O) groups excluding carboxylic acids is 2. The highest BCUT2D eigenvalue weighted by Crippen LogP contribution is 2.22. The minimum absolute atomic E-state index is 0.0670. The fourth-order valence-corrected chi connectivity index (χ4v) is 2.85. The smallest absolute Gasteiger partial charge is 0.250 e. The molecule has 0 fully saturated rings. The van der Waals surface area contributed by atoms with E-state index in [1.165, 1.54) is 30.3 Å². The van der Waals surface area contributed by atoms with Crippen molar-refractivity contribution in [3.8, 4) is 5.75 Å². The summed E-state index contributed by atoms with van der Waals surface area (Å²) in [6, 6.07) is 16.0. The molecule has 2 aromatic carbocycles. The van der Waals surface area contributed by atoms with Crippen LogP contribution in [0.25, 0.3) is 0 Å². The van der Waals surface area contributed by atoms with Crippen LogP contribution >= 0.6 is 0 Å². The van der Waals surface area contributed by atoms with Gasteiger partial charge in [0.1, 0.15) is 12.4 Å². The van der Waals surface area contributed by atoms with Crippen LogP contribution in [0, 0.1) is 0 Å². The number of hydrogen-bond acceptors (Lipinski definition) is 6. The second kappa shape index (κ2) is 9.73. The van der Waals surface area contributed by atoms with E-state index in [0.29, 0.717) is 17.0 Å². The van der Waals surface area contributed by atoms with Crippen LogP contribution < -0.4 is 20.7 Å². The lowest BCUT2D eigenvalue weighted by molar-refractivity contribution is -0.116. The molecule has 0 saturated carbocycles. The SMILES string of the molecule is CC(=O)N(C)c1ccc(C(O)Nc2cccc(COc3cncc(C(N)=O)c3)c2)cc1. The quantitative estimate of drug-likeness (QED) is 0.482. The summed E-state index contributed by atoms with van der Waals surface area (Å²) in [5.41, 5.74) is 8.51. The molecule has 2 amide bonds. The Bertz CT molecular complexity index is 1070. The Labute approximate surface area is 180 Å². The van der Waals surface area contributed by atoms with Crippen molar-refractivity contribution in [3.05, 3.63) is 83.7 Å². The number of pyridine rings is 1. The first-order valence-electron chi connectivity index (χ1n) is 9.59.